The molecule has 0 N–H and O–H groups in total. The van der Waals surface area contributed by atoms with Gasteiger partial charge in [0.25, 0.3) is 0 Å². The predicted molar refractivity (Wildman–Crippen MR) is 82.3 cm³/mol. The van der Waals surface area contributed by atoms with E-state index in [-0.39, 0.29) is 0 Å². The standard InChI is InChI=1S/C16H9BrN2/c17-14-8-5-11-4-6-12-13(16(11)19-14)7-3-10-2-1-9-18-15(10)12/h1-9H. The van der Waals surface area contributed by atoms with Gasteiger partial charge in [-0.1, -0.05) is 36.4 Å². The largest absolute Gasteiger partial charge is 0.256 e. The lowest BCUT2D eigenvalue weighted by atomic mass is 10.0. The number of fused-ring (bicyclic) bond motifs is 5. The van der Waals surface area contributed by atoms with Crippen molar-refractivity contribution in [3.05, 3.63) is 59.3 Å². The van der Waals surface area contributed by atoms with Crippen LogP contribution in [0.4, 0.5) is 0 Å². The molecule has 0 saturated heterocycles. The second kappa shape index (κ2) is 4.00. The molecule has 0 atom stereocenters. The van der Waals surface area contributed by atoms with Crippen LogP contribution in [0, 0.1) is 0 Å². The van der Waals surface area contributed by atoms with E-state index in [1.54, 1.807) is 0 Å². The Morgan fingerprint density at radius 3 is 2.26 bits per heavy atom. The van der Waals surface area contributed by atoms with Gasteiger partial charge < -0.3 is 0 Å². The summed E-state index contributed by atoms with van der Waals surface area (Å²) in [5, 5.41) is 4.59. The molecule has 90 valence electrons. The number of hydrogen-bond acceptors (Lipinski definition) is 2. The minimum absolute atomic E-state index is 0.855. The summed E-state index contributed by atoms with van der Waals surface area (Å²) in [6.45, 7) is 0. The molecule has 0 saturated carbocycles. The van der Waals surface area contributed by atoms with Gasteiger partial charge in [0.1, 0.15) is 4.60 Å². The highest BCUT2D eigenvalue weighted by Crippen LogP contribution is 2.29. The Hall–Kier alpha value is -2.00. The van der Waals surface area contributed by atoms with Gasteiger partial charge in [-0.2, -0.15) is 0 Å². The molecule has 0 fully saturated rings. The molecule has 0 aliphatic rings. The molecule has 0 spiro atoms. The zero-order valence-electron chi connectivity index (χ0n) is 9.97. The van der Waals surface area contributed by atoms with Gasteiger partial charge >= 0.3 is 0 Å². The van der Waals surface area contributed by atoms with Crippen molar-refractivity contribution in [1.82, 2.24) is 9.97 Å². The fraction of sp³-hybridized carbons (Fsp3) is 0. The molecule has 0 aliphatic heterocycles. The zero-order valence-corrected chi connectivity index (χ0v) is 11.6. The molecule has 2 nitrogen and oxygen atoms in total. The Labute approximate surface area is 118 Å². The van der Waals surface area contributed by atoms with E-state index in [1.807, 2.05) is 18.3 Å². The van der Waals surface area contributed by atoms with Crippen molar-refractivity contribution in [3.63, 3.8) is 0 Å². The van der Waals surface area contributed by atoms with Gasteiger partial charge in [0.15, 0.2) is 0 Å². The Bertz CT molecular complexity index is 931. The fourth-order valence-electron chi connectivity index (χ4n) is 2.51. The van der Waals surface area contributed by atoms with E-state index >= 15 is 0 Å². The van der Waals surface area contributed by atoms with Crippen molar-refractivity contribution < 1.29 is 0 Å². The molecule has 0 aliphatic carbocycles. The first kappa shape index (κ1) is 10.9. The minimum atomic E-state index is 0.855. The topological polar surface area (TPSA) is 25.8 Å². The third-order valence-corrected chi connectivity index (χ3v) is 3.83. The second-order valence-corrected chi connectivity index (χ2v) is 5.32. The smallest absolute Gasteiger partial charge is 0.106 e. The summed E-state index contributed by atoms with van der Waals surface area (Å²) >= 11 is 3.44. The molecule has 0 bridgehead atoms. The van der Waals surface area contributed by atoms with Crippen molar-refractivity contribution in [3.8, 4) is 0 Å². The quantitative estimate of drug-likeness (QED) is 0.347. The lowest BCUT2D eigenvalue weighted by Gasteiger charge is -2.06. The van der Waals surface area contributed by atoms with Crippen LogP contribution >= 0.6 is 15.9 Å². The summed E-state index contributed by atoms with van der Waals surface area (Å²) in [7, 11) is 0. The second-order valence-electron chi connectivity index (χ2n) is 4.51. The number of benzene rings is 2. The first-order valence-corrected chi connectivity index (χ1v) is 6.85. The third-order valence-electron chi connectivity index (χ3n) is 3.39. The van der Waals surface area contributed by atoms with Crippen LogP contribution in [0.2, 0.25) is 0 Å². The van der Waals surface area contributed by atoms with Gasteiger partial charge in [0.2, 0.25) is 0 Å². The fourth-order valence-corrected chi connectivity index (χ4v) is 2.82. The van der Waals surface area contributed by atoms with Crippen LogP contribution in [-0.4, -0.2) is 9.97 Å². The zero-order chi connectivity index (χ0) is 12.8. The summed E-state index contributed by atoms with van der Waals surface area (Å²) in [5.41, 5.74) is 2.04. The van der Waals surface area contributed by atoms with Crippen LogP contribution in [0.5, 0.6) is 0 Å². The SMILES string of the molecule is Brc1ccc2ccc3c(ccc4cccnc43)c2n1. The monoisotopic (exact) mass is 308 g/mol. The van der Waals surface area contributed by atoms with Crippen LogP contribution < -0.4 is 0 Å². The van der Waals surface area contributed by atoms with Crippen molar-refractivity contribution >= 4 is 48.5 Å². The van der Waals surface area contributed by atoms with E-state index in [0.29, 0.717) is 0 Å². The van der Waals surface area contributed by atoms with Crippen molar-refractivity contribution in [2.24, 2.45) is 0 Å². The highest BCUT2D eigenvalue weighted by Gasteiger charge is 2.06. The van der Waals surface area contributed by atoms with Crippen LogP contribution in [0.3, 0.4) is 0 Å². The number of nitrogens with zero attached hydrogens (tertiary/aromatic N) is 2. The molecule has 2 aromatic heterocycles. The molecule has 0 unspecified atom stereocenters. The highest BCUT2D eigenvalue weighted by atomic mass is 79.9. The molecular weight excluding hydrogens is 300 g/mol. The number of pyridine rings is 2. The van der Waals surface area contributed by atoms with Crippen LogP contribution in [0.1, 0.15) is 0 Å². The van der Waals surface area contributed by atoms with Gasteiger partial charge in [-0.3, -0.25) is 4.98 Å². The highest BCUT2D eigenvalue weighted by molar-refractivity contribution is 9.10. The summed E-state index contributed by atoms with van der Waals surface area (Å²) in [6, 6.07) is 16.5. The van der Waals surface area contributed by atoms with Gasteiger partial charge in [-0.05, 0) is 28.1 Å². The van der Waals surface area contributed by atoms with E-state index in [1.165, 1.54) is 0 Å². The Morgan fingerprint density at radius 1 is 0.737 bits per heavy atom. The summed E-state index contributed by atoms with van der Waals surface area (Å²) in [5.74, 6) is 0. The van der Waals surface area contributed by atoms with Crippen molar-refractivity contribution in [1.29, 1.82) is 0 Å². The average Bonchev–Trinajstić information content (AvgIpc) is 2.46. The normalized spacial score (nSPS) is 11.4. The molecule has 2 heterocycles. The summed E-state index contributed by atoms with van der Waals surface area (Å²) < 4.78 is 0.855. The third kappa shape index (κ3) is 1.62. The van der Waals surface area contributed by atoms with Gasteiger partial charge in [-0.25, -0.2) is 4.98 Å². The number of halogens is 1. The summed E-state index contributed by atoms with van der Waals surface area (Å²) in [6.07, 6.45) is 1.83. The van der Waals surface area contributed by atoms with Crippen molar-refractivity contribution in [2.75, 3.05) is 0 Å². The molecule has 2 aromatic carbocycles. The number of hydrogen-bond donors (Lipinski definition) is 0. The lowest BCUT2D eigenvalue weighted by Crippen LogP contribution is -1.85. The van der Waals surface area contributed by atoms with E-state index in [0.717, 1.165) is 37.2 Å². The Balaban J connectivity index is 2.28. The maximum Gasteiger partial charge on any atom is 0.106 e. The molecule has 4 aromatic rings. The Morgan fingerprint density at radius 2 is 1.42 bits per heavy atom. The molecule has 4 rings (SSSR count). The predicted octanol–water partition coefficient (Wildman–Crippen LogP) is 4.70. The molecular formula is C16H9BrN2. The lowest BCUT2D eigenvalue weighted by molar-refractivity contribution is 1.36. The first-order valence-electron chi connectivity index (χ1n) is 6.06. The van der Waals surface area contributed by atoms with E-state index in [4.69, 9.17) is 0 Å². The summed E-state index contributed by atoms with van der Waals surface area (Å²) in [4.78, 5) is 9.10. The maximum absolute atomic E-state index is 4.60. The molecule has 3 heteroatoms. The van der Waals surface area contributed by atoms with Crippen LogP contribution in [0.15, 0.2) is 59.3 Å². The van der Waals surface area contributed by atoms with E-state index < -0.39 is 0 Å². The molecule has 0 radical (unpaired) electrons. The minimum Gasteiger partial charge on any atom is -0.256 e. The molecule has 0 amide bonds. The van der Waals surface area contributed by atoms with Gasteiger partial charge in [-0.15, -0.1) is 0 Å². The maximum atomic E-state index is 4.60. The van der Waals surface area contributed by atoms with Crippen LogP contribution in [-0.2, 0) is 0 Å². The number of aromatic nitrogens is 2. The number of rotatable bonds is 0. The van der Waals surface area contributed by atoms with E-state index in [9.17, 15) is 0 Å². The molecule has 19 heavy (non-hydrogen) atoms. The Kier molecular flexibility index (Phi) is 2.29. The van der Waals surface area contributed by atoms with E-state index in [2.05, 4.69) is 62.3 Å². The average molecular weight is 309 g/mol. The van der Waals surface area contributed by atoms with Crippen molar-refractivity contribution in [2.45, 2.75) is 0 Å². The van der Waals surface area contributed by atoms with Gasteiger partial charge in [0, 0.05) is 27.7 Å². The van der Waals surface area contributed by atoms with Crippen LogP contribution in [0.25, 0.3) is 32.6 Å². The van der Waals surface area contributed by atoms with Gasteiger partial charge in [0.05, 0.1) is 11.0 Å². The first-order chi connectivity index (χ1) is 9.33.